The number of carboxylic acids is 1. The van der Waals surface area contributed by atoms with Gasteiger partial charge >= 0.3 is 18.0 Å². The van der Waals surface area contributed by atoms with Gasteiger partial charge in [0.2, 0.25) is 6.04 Å². The van der Waals surface area contributed by atoms with Gasteiger partial charge in [-0.25, -0.2) is 19.0 Å². The fourth-order valence-electron chi connectivity index (χ4n) is 4.10. The number of rotatable bonds is 6. The average Bonchev–Trinajstić information content (AvgIpc) is 3.11. The molecule has 0 aliphatic carbocycles. The smallest absolute Gasteiger partial charge is 0.410 e. The van der Waals surface area contributed by atoms with Gasteiger partial charge in [0.25, 0.3) is 5.82 Å². The Morgan fingerprint density at radius 2 is 2.03 bits per heavy atom. The van der Waals surface area contributed by atoms with Crippen molar-refractivity contribution >= 4 is 30.1 Å². The first-order valence-electron chi connectivity index (χ1n) is 10.6. The summed E-state index contributed by atoms with van der Waals surface area (Å²) >= 11 is 0. The zero-order chi connectivity index (χ0) is 24.0. The molecule has 0 aromatic carbocycles. The summed E-state index contributed by atoms with van der Waals surface area (Å²) in [5.41, 5.74) is -1.21. The molecule has 3 rings (SSSR count). The Morgan fingerprint density at radius 3 is 2.59 bits per heavy atom. The summed E-state index contributed by atoms with van der Waals surface area (Å²) in [6, 6.07) is 1.56. The lowest BCUT2D eigenvalue weighted by Crippen LogP contribution is -2.68. The second-order valence-corrected chi connectivity index (χ2v) is 9.64. The van der Waals surface area contributed by atoms with Gasteiger partial charge in [0.15, 0.2) is 6.04 Å². The molecule has 3 heterocycles. The van der Waals surface area contributed by atoms with E-state index in [0.717, 1.165) is 5.56 Å². The van der Waals surface area contributed by atoms with E-state index in [-0.39, 0.29) is 24.9 Å². The highest BCUT2D eigenvalue weighted by Gasteiger charge is 2.55. The van der Waals surface area contributed by atoms with Crippen LogP contribution in [0.2, 0.25) is 0 Å². The van der Waals surface area contributed by atoms with E-state index >= 15 is 0 Å². The van der Waals surface area contributed by atoms with Crippen LogP contribution in [0.15, 0.2) is 18.3 Å². The summed E-state index contributed by atoms with van der Waals surface area (Å²) in [6.45, 7) is 8.61. The van der Waals surface area contributed by atoms with Crippen LogP contribution in [0.5, 0.6) is 0 Å². The molecular weight excluding hydrogens is 416 g/mol. The molecule has 4 atom stereocenters. The minimum absolute atomic E-state index is 0.0197. The molecule has 2 amide bonds. The fraction of sp³-hybridized carbons (Fsp3) is 0.591. The number of likely N-dealkylation sites (N-methyl/N-ethyl adjacent to an activating group) is 1. The van der Waals surface area contributed by atoms with Gasteiger partial charge in [-0.05, 0) is 46.8 Å². The minimum atomic E-state index is -1.29. The Hall–Kier alpha value is -3.01. The average molecular weight is 448 g/mol. The quantitative estimate of drug-likeness (QED) is 0.486. The number of amides is 2. The Balaban J connectivity index is 1.85. The van der Waals surface area contributed by atoms with Gasteiger partial charge in [-0.3, -0.25) is 10.2 Å². The van der Waals surface area contributed by atoms with Crippen LogP contribution in [0.3, 0.4) is 0 Å². The number of nitrogens with zero attached hydrogens (tertiary/aromatic N) is 3. The van der Waals surface area contributed by atoms with Gasteiger partial charge in [0.1, 0.15) is 23.5 Å². The van der Waals surface area contributed by atoms with Gasteiger partial charge in [0.05, 0.1) is 6.20 Å². The number of aldehydes is 1. The molecule has 0 bridgehead atoms. The van der Waals surface area contributed by atoms with Crippen molar-refractivity contribution in [1.82, 2.24) is 10.2 Å². The van der Waals surface area contributed by atoms with Crippen LogP contribution < -0.4 is 14.8 Å². The molecule has 2 aliphatic rings. The third-order valence-corrected chi connectivity index (χ3v) is 6.11. The second-order valence-electron chi connectivity index (χ2n) is 9.64. The first-order chi connectivity index (χ1) is 14.8. The lowest BCUT2D eigenvalue weighted by molar-refractivity contribution is -0.711. The van der Waals surface area contributed by atoms with Gasteiger partial charge in [-0.1, -0.05) is 0 Å². The van der Waals surface area contributed by atoms with E-state index in [4.69, 9.17) is 4.74 Å². The van der Waals surface area contributed by atoms with E-state index in [1.807, 2.05) is 29.8 Å². The van der Waals surface area contributed by atoms with Crippen molar-refractivity contribution in [1.29, 1.82) is 0 Å². The van der Waals surface area contributed by atoms with Crippen LogP contribution in [-0.2, 0) is 25.5 Å². The number of carbonyl (C=O) groups is 4. The fourth-order valence-corrected chi connectivity index (χ4v) is 4.10. The van der Waals surface area contributed by atoms with Gasteiger partial charge < -0.3 is 14.6 Å². The SMILES string of the molecule is CC1C(NCC(C)(C=O)N(C)C(=O)OC(C)(C)C)C(=O)N2c3c(ccc[n+]31)CC2C(=O)O. The van der Waals surface area contributed by atoms with Crippen LogP contribution in [0.25, 0.3) is 0 Å². The number of hydrogen-bond acceptors (Lipinski definition) is 6. The van der Waals surface area contributed by atoms with Crippen molar-refractivity contribution in [3.8, 4) is 0 Å². The molecule has 174 valence electrons. The number of aliphatic carboxylic acids is 1. The van der Waals surface area contributed by atoms with Gasteiger partial charge in [-0.2, -0.15) is 4.90 Å². The molecule has 1 aromatic heterocycles. The molecule has 0 spiro atoms. The Labute approximate surface area is 187 Å². The standard InChI is InChI=1S/C22H30N4O6/c1-13-16(23-11-22(5,12-27)24(6)20(31)32-21(2,3)4)18(28)26-15(19(29)30)10-14-8-7-9-25(13)17(14)26/h7-9,12-13,15-16,23H,10-11H2,1-6H3/p+1. The molecule has 2 N–H and O–H groups in total. The van der Waals surface area contributed by atoms with E-state index in [9.17, 15) is 24.3 Å². The number of carbonyl (C=O) groups excluding carboxylic acids is 3. The van der Waals surface area contributed by atoms with E-state index in [0.29, 0.717) is 12.1 Å². The maximum Gasteiger partial charge on any atom is 0.410 e. The molecule has 4 unspecified atom stereocenters. The molecule has 0 fully saturated rings. The number of carboxylic acid groups (broad SMARTS) is 1. The summed E-state index contributed by atoms with van der Waals surface area (Å²) < 4.78 is 7.25. The predicted octanol–water partition coefficient (Wildman–Crippen LogP) is 0.674. The molecule has 32 heavy (non-hydrogen) atoms. The van der Waals surface area contributed by atoms with Gasteiger partial charge in [0, 0.05) is 25.6 Å². The van der Waals surface area contributed by atoms with Crippen molar-refractivity contribution in [3.63, 3.8) is 0 Å². The number of anilines is 1. The van der Waals surface area contributed by atoms with E-state index < -0.39 is 35.3 Å². The molecule has 0 saturated carbocycles. The summed E-state index contributed by atoms with van der Waals surface area (Å²) in [4.78, 5) is 52.2. The molecule has 2 aliphatic heterocycles. The first-order valence-corrected chi connectivity index (χ1v) is 10.6. The summed E-state index contributed by atoms with van der Waals surface area (Å²) in [7, 11) is 1.47. The van der Waals surface area contributed by atoms with Crippen LogP contribution in [0, 0.1) is 0 Å². The molecule has 10 nitrogen and oxygen atoms in total. The topological polar surface area (TPSA) is 120 Å². The maximum atomic E-state index is 13.4. The third kappa shape index (κ3) is 4.06. The van der Waals surface area contributed by atoms with Crippen molar-refractivity contribution in [2.75, 3.05) is 18.5 Å². The Bertz CT molecular complexity index is 958. The summed E-state index contributed by atoms with van der Waals surface area (Å²) in [5.74, 6) is -0.848. The lowest BCUT2D eigenvalue weighted by atomic mass is 9.99. The van der Waals surface area contributed by atoms with Crippen molar-refractivity contribution in [2.45, 2.75) is 70.3 Å². The number of hydrogen-bond donors (Lipinski definition) is 2. The van der Waals surface area contributed by atoms with Crippen molar-refractivity contribution in [2.24, 2.45) is 0 Å². The largest absolute Gasteiger partial charge is 0.478 e. The number of nitrogens with one attached hydrogen (secondary N) is 1. The van der Waals surface area contributed by atoms with Crippen LogP contribution >= 0.6 is 0 Å². The zero-order valence-corrected chi connectivity index (χ0v) is 19.3. The van der Waals surface area contributed by atoms with E-state index in [1.165, 1.54) is 16.8 Å². The monoisotopic (exact) mass is 447 g/mol. The van der Waals surface area contributed by atoms with Crippen LogP contribution in [0.4, 0.5) is 10.6 Å². The predicted molar refractivity (Wildman–Crippen MR) is 114 cm³/mol. The zero-order valence-electron chi connectivity index (χ0n) is 19.3. The number of aromatic nitrogens is 1. The summed E-state index contributed by atoms with van der Waals surface area (Å²) in [6.07, 6.45) is 2.03. The highest BCUT2D eigenvalue weighted by molar-refractivity contribution is 6.03. The molecule has 1 aromatic rings. The molecule has 10 heteroatoms. The number of ether oxygens (including phenoxy) is 1. The molecule has 0 saturated heterocycles. The molecular formula is C22H31N4O6+. The highest BCUT2D eigenvalue weighted by atomic mass is 16.6. The number of pyridine rings is 1. The Morgan fingerprint density at radius 1 is 1.38 bits per heavy atom. The lowest BCUT2D eigenvalue weighted by Gasteiger charge is -2.38. The summed E-state index contributed by atoms with van der Waals surface area (Å²) in [5, 5.41) is 12.8. The Kier molecular flexibility index (Phi) is 6.03. The first kappa shape index (κ1) is 23.6. The normalized spacial score (nSPS) is 23.9. The minimum Gasteiger partial charge on any atom is -0.478 e. The van der Waals surface area contributed by atoms with Crippen LogP contribution in [0.1, 0.15) is 46.2 Å². The molecule has 0 radical (unpaired) electrons. The van der Waals surface area contributed by atoms with Crippen molar-refractivity contribution in [3.05, 3.63) is 23.9 Å². The van der Waals surface area contributed by atoms with Gasteiger partial charge in [-0.15, -0.1) is 0 Å². The maximum absolute atomic E-state index is 13.4. The highest BCUT2D eigenvalue weighted by Crippen LogP contribution is 2.34. The second kappa shape index (κ2) is 8.16. The van der Waals surface area contributed by atoms with E-state index in [2.05, 4.69) is 5.32 Å². The van der Waals surface area contributed by atoms with Crippen LogP contribution in [-0.4, -0.2) is 71.1 Å². The van der Waals surface area contributed by atoms with Crippen molar-refractivity contribution < 1.29 is 33.6 Å². The third-order valence-electron chi connectivity index (χ3n) is 6.11. The van der Waals surface area contributed by atoms with E-state index in [1.54, 1.807) is 27.7 Å².